The van der Waals surface area contributed by atoms with Gasteiger partial charge in [-0.15, -0.1) is 0 Å². The second kappa shape index (κ2) is 10.9. The summed E-state index contributed by atoms with van der Waals surface area (Å²) < 4.78 is 54.5. The average Bonchev–Trinajstić information content (AvgIpc) is 3.41. The molecule has 0 amide bonds. The maximum Gasteiger partial charge on any atom is 0.416 e. The molecule has 2 atom stereocenters. The van der Waals surface area contributed by atoms with E-state index in [0.29, 0.717) is 12.8 Å². The fraction of sp³-hybridized carbons (Fsp3) is 0.500. The van der Waals surface area contributed by atoms with E-state index >= 15 is 0 Å². The van der Waals surface area contributed by atoms with E-state index in [9.17, 15) is 22.7 Å². The predicted octanol–water partition coefficient (Wildman–Crippen LogP) is 9.75. The molecule has 0 radical (unpaired) electrons. The SMILES string of the molecule is CC(C)CC(c1ccc(C(F)(F)F)cc1)c1c(C2CCCC2)nc2c(c1-c1ccc(F)cc1)C(O)CC(C)(C)C2. The number of hydrogen-bond donors (Lipinski definition) is 1. The summed E-state index contributed by atoms with van der Waals surface area (Å²) in [7, 11) is 0. The fourth-order valence-electron chi connectivity index (χ4n) is 6.92. The van der Waals surface area contributed by atoms with Crippen LogP contribution in [0.5, 0.6) is 0 Å². The Balaban J connectivity index is 1.83. The summed E-state index contributed by atoms with van der Waals surface area (Å²) in [6.07, 6.45) is 1.09. The number of fused-ring (bicyclic) bond motifs is 1. The van der Waals surface area contributed by atoms with Crippen LogP contribution < -0.4 is 0 Å². The Morgan fingerprint density at radius 2 is 1.60 bits per heavy atom. The van der Waals surface area contributed by atoms with E-state index in [2.05, 4.69) is 27.7 Å². The highest BCUT2D eigenvalue weighted by molar-refractivity contribution is 5.75. The van der Waals surface area contributed by atoms with E-state index in [1.165, 1.54) is 24.3 Å². The van der Waals surface area contributed by atoms with Crippen molar-refractivity contribution in [1.29, 1.82) is 0 Å². The third kappa shape index (κ3) is 5.83. The number of alkyl halides is 3. The summed E-state index contributed by atoms with van der Waals surface area (Å²) >= 11 is 0. The van der Waals surface area contributed by atoms with E-state index in [1.807, 2.05) is 0 Å². The molecule has 6 heteroatoms. The van der Waals surface area contributed by atoms with Gasteiger partial charge in [0.2, 0.25) is 0 Å². The number of rotatable bonds is 6. The van der Waals surface area contributed by atoms with E-state index in [4.69, 9.17) is 4.98 Å². The third-order valence-electron chi connectivity index (χ3n) is 8.68. The van der Waals surface area contributed by atoms with Gasteiger partial charge in [0.15, 0.2) is 0 Å². The number of nitrogens with zero attached hydrogens (tertiary/aromatic N) is 1. The zero-order valence-electron chi connectivity index (χ0n) is 23.8. The summed E-state index contributed by atoms with van der Waals surface area (Å²) in [4.78, 5) is 5.34. The van der Waals surface area contributed by atoms with Crippen LogP contribution in [-0.2, 0) is 12.6 Å². The first-order valence-electron chi connectivity index (χ1n) is 14.5. The molecule has 1 fully saturated rings. The van der Waals surface area contributed by atoms with Gasteiger partial charge >= 0.3 is 6.18 Å². The van der Waals surface area contributed by atoms with E-state index in [0.717, 1.165) is 71.3 Å². The van der Waals surface area contributed by atoms with Gasteiger partial charge in [-0.1, -0.05) is 64.8 Å². The monoisotopic (exact) mass is 553 g/mol. The molecule has 1 saturated carbocycles. The van der Waals surface area contributed by atoms with Crippen LogP contribution in [0.25, 0.3) is 11.1 Å². The highest BCUT2D eigenvalue weighted by Gasteiger charge is 2.39. The van der Waals surface area contributed by atoms with Crippen molar-refractivity contribution in [3.05, 3.63) is 88.0 Å². The van der Waals surface area contributed by atoms with E-state index in [1.54, 1.807) is 24.3 Å². The molecule has 2 aromatic carbocycles. The van der Waals surface area contributed by atoms with Crippen molar-refractivity contribution in [3.8, 4) is 11.1 Å². The van der Waals surface area contributed by atoms with Gasteiger partial charge in [0.05, 0.1) is 11.7 Å². The third-order valence-corrected chi connectivity index (χ3v) is 8.68. The van der Waals surface area contributed by atoms with Crippen molar-refractivity contribution in [3.63, 3.8) is 0 Å². The number of halogens is 4. The summed E-state index contributed by atoms with van der Waals surface area (Å²) in [5.74, 6) is -0.0688. The van der Waals surface area contributed by atoms with Gasteiger partial charge in [-0.25, -0.2) is 4.39 Å². The Morgan fingerprint density at radius 3 is 2.17 bits per heavy atom. The maximum atomic E-state index is 14.1. The maximum absolute atomic E-state index is 14.1. The van der Waals surface area contributed by atoms with Gasteiger partial charge in [-0.2, -0.15) is 13.2 Å². The largest absolute Gasteiger partial charge is 0.416 e. The van der Waals surface area contributed by atoms with Gasteiger partial charge in [0.25, 0.3) is 0 Å². The lowest BCUT2D eigenvalue weighted by Gasteiger charge is -2.38. The quantitative estimate of drug-likeness (QED) is 0.308. The van der Waals surface area contributed by atoms with Crippen LogP contribution >= 0.6 is 0 Å². The molecule has 2 nitrogen and oxygen atoms in total. The van der Waals surface area contributed by atoms with Crippen molar-refractivity contribution < 1.29 is 22.7 Å². The topological polar surface area (TPSA) is 33.1 Å². The standard InChI is InChI=1S/C34H39F4NO/c1-20(2)17-26(21-9-13-24(14-10-21)34(36,37)38)30-29(22-11-15-25(35)16-12-22)31-27(18-33(3,4)19-28(31)40)39-32(30)23-7-5-6-8-23/h9-16,20,23,26,28,40H,5-8,17-19H2,1-4H3. The molecule has 0 saturated heterocycles. The lowest BCUT2D eigenvalue weighted by molar-refractivity contribution is -0.137. The lowest BCUT2D eigenvalue weighted by atomic mass is 9.70. The van der Waals surface area contributed by atoms with Crippen LogP contribution in [0.15, 0.2) is 48.5 Å². The van der Waals surface area contributed by atoms with Crippen molar-refractivity contribution >= 4 is 0 Å². The average molecular weight is 554 g/mol. The second-order valence-electron chi connectivity index (χ2n) is 13.0. The van der Waals surface area contributed by atoms with Crippen LogP contribution in [0.3, 0.4) is 0 Å². The molecule has 1 heterocycles. The van der Waals surface area contributed by atoms with Crippen molar-refractivity contribution in [2.45, 2.75) is 96.8 Å². The summed E-state index contributed by atoms with van der Waals surface area (Å²) in [5, 5.41) is 11.6. The lowest BCUT2D eigenvalue weighted by Crippen LogP contribution is -2.29. The van der Waals surface area contributed by atoms with Crippen LogP contribution in [0.2, 0.25) is 0 Å². The molecule has 40 heavy (non-hydrogen) atoms. The molecule has 2 aliphatic rings. The minimum atomic E-state index is -4.41. The molecule has 0 spiro atoms. The van der Waals surface area contributed by atoms with E-state index < -0.39 is 17.8 Å². The Morgan fingerprint density at radius 1 is 0.975 bits per heavy atom. The molecule has 1 aromatic heterocycles. The van der Waals surface area contributed by atoms with Crippen molar-refractivity contribution in [2.24, 2.45) is 11.3 Å². The van der Waals surface area contributed by atoms with Gasteiger partial charge in [0.1, 0.15) is 5.82 Å². The number of aliphatic hydroxyl groups excluding tert-OH is 1. The Labute approximate surface area is 234 Å². The summed E-state index contributed by atoms with van der Waals surface area (Å²) in [5.41, 5.74) is 5.39. The Hall–Kier alpha value is -2.73. The predicted molar refractivity (Wildman–Crippen MR) is 151 cm³/mol. The highest BCUT2D eigenvalue weighted by Crippen LogP contribution is 2.51. The zero-order chi connectivity index (χ0) is 28.8. The smallest absolute Gasteiger partial charge is 0.388 e. The summed E-state index contributed by atoms with van der Waals surface area (Å²) in [6.45, 7) is 8.52. The first-order chi connectivity index (χ1) is 18.8. The number of benzene rings is 2. The number of hydrogen-bond acceptors (Lipinski definition) is 2. The Kier molecular flexibility index (Phi) is 7.86. The minimum Gasteiger partial charge on any atom is -0.388 e. The van der Waals surface area contributed by atoms with Gasteiger partial charge in [-0.3, -0.25) is 4.98 Å². The van der Waals surface area contributed by atoms with Crippen molar-refractivity contribution in [1.82, 2.24) is 4.98 Å². The normalized spacial score (nSPS) is 20.1. The van der Waals surface area contributed by atoms with Gasteiger partial charge in [-0.05, 0) is 90.0 Å². The van der Waals surface area contributed by atoms with Crippen LogP contribution in [0.4, 0.5) is 17.6 Å². The molecular weight excluding hydrogens is 514 g/mol. The van der Waals surface area contributed by atoms with Gasteiger partial charge < -0.3 is 5.11 Å². The molecule has 0 bridgehead atoms. The summed E-state index contributed by atoms with van der Waals surface area (Å²) in [6, 6.07) is 11.9. The zero-order valence-corrected chi connectivity index (χ0v) is 23.8. The van der Waals surface area contributed by atoms with Crippen LogP contribution in [-0.4, -0.2) is 10.1 Å². The fourth-order valence-corrected chi connectivity index (χ4v) is 6.92. The number of aliphatic hydroxyl groups is 1. The molecule has 5 rings (SSSR count). The van der Waals surface area contributed by atoms with Crippen LogP contribution in [0.1, 0.15) is 118 Å². The van der Waals surface area contributed by atoms with Crippen molar-refractivity contribution in [2.75, 3.05) is 0 Å². The molecule has 0 aliphatic heterocycles. The van der Waals surface area contributed by atoms with Crippen LogP contribution in [0, 0.1) is 17.2 Å². The molecule has 214 valence electrons. The number of aromatic nitrogens is 1. The van der Waals surface area contributed by atoms with Gasteiger partial charge in [0, 0.05) is 28.8 Å². The number of pyridine rings is 1. The highest BCUT2D eigenvalue weighted by atomic mass is 19.4. The second-order valence-corrected chi connectivity index (χ2v) is 13.0. The Bertz CT molecular complexity index is 1340. The first kappa shape index (κ1) is 28.8. The molecule has 2 aliphatic carbocycles. The molecular formula is C34H39F4NO. The molecule has 2 unspecified atom stereocenters. The molecule has 3 aromatic rings. The first-order valence-corrected chi connectivity index (χ1v) is 14.5. The van der Waals surface area contributed by atoms with E-state index in [-0.39, 0.29) is 29.0 Å². The minimum absolute atomic E-state index is 0.126. The molecule has 1 N–H and O–H groups in total.